The van der Waals surface area contributed by atoms with Gasteiger partial charge in [-0.3, -0.25) is 0 Å². The Morgan fingerprint density at radius 1 is 1.10 bits per heavy atom. The SMILES string of the molecule is COc1ccc(-c2nc3c(s2)CN(S(=O)(=O)c2cccc(F)c2)CC3)cc1OC. The molecule has 0 saturated heterocycles. The maximum Gasteiger partial charge on any atom is 0.243 e. The molecule has 1 aromatic heterocycles. The van der Waals surface area contributed by atoms with E-state index in [4.69, 9.17) is 14.5 Å². The van der Waals surface area contributed by atoms with E-state index in [0.717, 1.165) is 27.2 Å². The summed E-state index contributed by atoms with van der Waals surface area (Å²) in [5.74, 6) is 0.663. The van der Waals surface area contributed by atoms with Crippen molar-refractivity contribution in [2.75, 3.05) is 20.8 Å². The number of fused-ring (bicyclic) bond motifs is 1. The molecule has 1 aliphatic heterocycles. The Morgan fingerprint density at radius 2 is 1.90 bits per heavy atom. The van der Waals surface area contributed by atoms with Crippen LogP contribution in [0.2, 0.25) is 0 Å². The van der Waals surface area contributed by atoms with E-state index >= 15 is 0 Å². The largest absolute Gasteiger partial charge is 0.493 e. The molecule has 0 saturated carbocycles. The first kappa shape index (κ1) is 19.8. The van der Waals surface area contributed by atoms with Crippen molar-refractivity contribution in [1.82, 2.24) is 9.29 Å². The summed E-state index contributed by atoms with van der Waals surface area (Å²) < 4.78 is 51.3. The predicted molar refractivity (Wildman–Crippen MR) is 108 cm³/mol. The van der Waals surface area contributed by atoms with Crippen molar-refractivity contribution in [1.29, 1.82) is 0 Å². The minimum Gasteiger partial charge on any atom is -0.493 e. The molecule has 0 aliphatic carbocycles. The van der Waals surface area contributed by atoms with Crippen molar-refractivity contribution in [2.24, 2.45) is 0 Å². The molecule has 0 unspecified atom stereocenters. The average molecular weight is 435 g/mol. The van der Waals surface area contributed by atoms with Crippen LogP contribution in [0.1, 0.15) is 10.6 Å². The van der Waals surface area contributed by atoms with Crippen molar-refractivity contribution in [3.63, 3.8) is 0 Å². The molecule has 9 heteroatoms. The van der Waals surface area contributed by atoms with Gasteiger partial charge in [0.15, 0.2) is 11.5 Å². The van der Waals surface area contributed by atoms with E-state index < -0.39 is 15.8 Å². The Kier molecular flexibility index (Phi) is 5.28. The molecule has 2 heterocycles. The molecule has 2 aromatic carbocycles. The summed E-state index contributed by atoms with van der Waals surface area (Å²) in [6.45, 7) is 0.528. The normalized spacial score (nSPS) is 14.4. The van der Waals surface area contributed by atoms with Crippen molar-refractivity contribution in [3.8, 4) is 22.1 Å². The third kappa shape index (κ3) is 3.73. The van der Waals surface area contributed by atoms with Crippen LogP contribution >= 0.6 is 11.3 Å². The monoisotopic (exact) mass is 434 g/mol. The zero-order valence-electron chi connectivity index (χ0n) is 15.9. The fourth-order valence-corrected chi connectivity index (χ4v) is 5.89. The van der Waals surface area contributed by atoms with Gasteiger partial charge < -0.3 is 9.47 Å². The third-order valence-electron chi connectivity index (χ3n) is 4.76. The second-order valence-electron chi connectivity index (χ2n) is 6.50. The molecular weight excluding hydrogens is 415 g/mol. The molecule has 0 N–H and O–H groups in total. The van der Waals surface area contributed by atoms with Gasteiger partial charge in [-0.1, -0.05) is 6.07 Å². The van der Waals surface area contributed by atoms with Crippen LogP contribution in [0.3, 0.4) is 0 Å². The summed E-state index contributed by atoms with van der Waals surface area (Å²) in [4.78, 5) is 5.55. The zero-order chi connectivity index (χ0) is 20.6. The lowest BCUT2D eigenvalue weighted by Gasteiger charge is -2.25. The van der Waals surface area contributed by atoms with Gasteiger partial charge in [0.05, 0.1) is 31.4 Å². The van der Waals surface area contributed by atoms with Gasteiger partial charge in [-0.05, 0) is 36.4 Å². The number of benzene rings is 2. The summed E-state index contributed by atoms with van der Waals surface area (Å²) in [6.07, 6.45) is 0.508. The summed E-state index contributed by atoms with van der Waals surface area (Å²) >= 11 is 1.45. The molecule has 0 atom stereocenters. The van der Waals surface area contributed by atoms with Crippen molar-refractivity contribution >= 4 is 21.4 Å². The Labute approximate surface area is 172 Å². The Balaban J connectivity index is 1.63. The van der Waals surface area contributed by atoms with E-state index in [1.165, 1.54) is 33.8 Å². The number of sulfonamides is 1. The third-order valence-corrected chi connectivity index (χ3v) is 7.73. The maximum atomic E-state index is 13.5. The fraction of sp³-hybridized carbons (Fsp3) is 0.250. The van der Waals surface area contributed by atoms with Crippen molar-refractivity contribution < 1.29 is 22.3 Å². The van der Waals surface area contributed by atoms with Gasteiger partial charge >= 0.3 is 0 Å². The number of hydrogen-bond donors (Lipinski definition) is 0. The summed E-state index contributed by atoms with van der Waals surface area (Å²) in [5.41, 5.74) is 1.77. The van der Waals surface area contributed by atoms with Crippen LogP contribution in [0, 0.1) is 5.82 Å². The highest BCUT2D eigenvalue weighted by atomic mass is 32.2. The molecule has 6 nitrogen and oxygen atoms in total. The van der Waals surface area contributed by atoms with Crippen LogP contribution in [0.5, 0.6) is 11.5 Å². The highest BCUT2D eigenvalue weighted by Crippen LogP contribution is 2.37. The molecule has 0 amide bonds. The molecule has 0 fully saturated rings. The molecule has 0 spiro atoms. The minimum atomic E-state index is -3.77. The van der Waals surface area contributed by atoms with Crippen LogP contribution in [0.15, 0.2) is 47.4 Å². The van der Waals surface area contributed by atoms with E-state index in [2.05, 4.69) is 0 Å². The summed E-state index contributed by atoms with van der Waals surface area (Å²) in [5, 5.41) is 0.793. The lowest BCUT2D eigenvalue weighted by molar-refractivity contribution is 0.355. The van der Waals surface area contributed by atoms with E-state index in [0.29, 0.717) is 24.5 Å². The second kappa shape index (κ2) is 7.74. The quantitative estimate of drug-likeness (QED) is 0.612. The first-order chi connectivity index (χ1) is 13.9. The van der Waals surface area contributed by atoms with E-state index in [-0.39, 0.29) is 11.4 Å². The van der Waals surface area contributed by atoms with Gasteiger partial charge in [0, 0.05) is 23.4 Å². The van der Waals surface area contributed by atoms with Crippen molar-refractivity contribution in [2.45, 2.75) is 17.9 Å². The second-order valence-corrected chi connectivity index (χ2v) is 9.53. The molecular formula is C20H19FN2O4S2. The van der Waals surface area contributed by atoms with Gasteiger partial charge in [-0.15, -0.1) is 11.3 Å². The van der Waals surface area contributed by atoms with E-state index in [9.17, 15) is 12.8 Å². The first-order valence-electron chi connectivity index (χ1n) is 8.89. The summed E-state index contributed by atoms with van der Waals surface area (Å²) in [7, 11) is -0.617. The molecule has 1 aliphatic rings. The Morgan fingerprint density at radius 3 is 2.62 bits per heavy atom. The number of ether oxygens (including phenoxy) is 2. The van der Waals surface area contributed by atoms with Gasteiger partial charge in [0.25, 0.3) is 0 Å². The molecule has 152 valence electrons. The predicted octanol–water partition coefficient (Wildman–Crippen LogP) is 3.71. The number of methoxy groups -OCH3 is 2. The van der Waals surface area contributed by atoms with Crippen LogP contribution in [0.4, 0.5) is 4.39 Å². The van der Waals surface area contributed by atoms with Gasteiger partial charge in [-0.2, -0.15) is 4.31 Å². The zero-order valence-corrected chi connectivity index (χ0v) is 17.5. The number of halogens is 1. The minimum absolute atomic E-state index is 0.0365. The van der Waals surface area contributed by atoms with Gasteiger partial charge in [0.1, 0.15) is 10.8 Å². The van der Waals surface area contributed by atoms with Crippen LogP contribution < -0.4 is 9.47 Å². The number of thiazole rings is 1. The van der Waals surface area contributed by atoms with E-state index in [1.807, 2.05) is 18.2 Å². The van der Waals surface area contributed by atoms with Crippen LogP contribution in [-0.4, -0.2) is 38.5 Å². The average Bonchev–Trinajstić information content (AvgIpc) is 3.16. The lowest BCUT2D eigenvalue weighted by atomic mass is 10.2. The number of hydrogen-bond acceptors (Lipinski definition) is 6. The molecule has 4 rings (SSSR count). The standard InChI is InChI=1S/C20H19FN2O4S2/c1-26-17-7-6-13(10-18(17)27-2)20-22-16-8-9-23(12-19(16)28-20)29(24,25)15-5-3-4-14(21)11-15/h3-7,10-11H,8-9,12H2,1-2H3. The van der Waals surface area contributed by atoms with Gasteiger partial charge in [0.2, 0.25) is 10.0 Å². The lowest BCUT2D eigenvalue weighted by Crippen LogP contribution is -2.35. The number of nitrogens with zero attached hydrogens (tertiary/aromatic N) is 2. The topological polar surface area (TPSA) is 68.7 Å². The van der Waals surface area contributed by atoms with Crippen LogP contribution in [-0.2, 0) is 23.0 Å². The van der Waals surface area contributed by atoms with Gasteiger partial charge in [-0.25, -0.2) is 17.8 Å². The molecule has 3 aromatic rings. The highest BCUT2D eigenvalue weighted by molar-refractivity contribution is 7.89. The first-order valence-corrected chi connectivity index (χ1v) is 11.1. The highest BCUT2D eigenvalue weighted by Gasteiger charge is 2.30. The maximum absolute atomic E-state index is 13.5. The van der Waals surface area contributed by atoms with Crippen LogP contribution in [0.25, 0.3) is 10.6 Å². The smallest absolute Gasteiger partial charge is 0.243 e. The molecule has 29 heavy (non-hydrogen) atoms. The Hall–Kier alpha value is -2.49. The number of rotatable bonds is 5. The van der Waals surface area contributed by atoms with Crippen molar-refractivity contribution in [3.05, 3.63) is 58.9 Å². The Bertz CT molecular complexity index is 1160. The molecule has 0 bridgehead atoms. The number of aromatic nitrogens is 1. The fourth-order valence-electron chi connectivity index (χ4n) is 3.25. The summed E-state index contributed by atoms with van der Waals surface area (Å²) in [6, 6.07) is 10.7. The molecule has 0 radical (unpaired) electrons. The van der Waals surface area contributed by atoms with E-state index in [1.54, 1.807) is 14.2 Å².